The molecule has 0 aliphatic heterocycles. The summed E-state index contributed by atoms with van der Waals surface area (Å²) >= 11 is 0. The van der Waals surface area contributed by atoms with E-state index in [2.05, 4.69) is 6.92 Å². The number of aryl methyl sites for hydroxylation is 2. The van der Waals surface area contributed by atoms with Crippen LogP contribution in [0.25, 0.3) is 22.3 Å². The Morgan fingerprint density at radius 1 is 0.657 bits per heavy atom. The molecule has 4 aromatic carbocycles. The second kappa shape index (κ2) is 11.3. The molecule has 0 saturated heterocycles. The summed E-state index contributed by atoms with van der Waals surface area (Å²) in [5, 5.41) is 0. The van der Waals surface area contributed by atoms with Gasteiger partial charge in [-0.25, -0.2) is 13.2 Å². The van der Waals surface area contributed by atoms with Crippen molar-refractivity contribution in [2.24, 2.45) is 0 Å². The molecule has 35 heavy (non-hydrogen) atoms. The third-order valence-electron chi connectivity index (χ3n) is 6.25. The van der Waals surface area contributed by atoms with Crippen LogP contribution < -0.4 is 4.74 Å². The fourth-order valence-electron chi connectivity index (χ4n) is 4.05. The van der Waals surface area contributed by atoms with Gasteiger partial charge in [-0.2, -0.15) is 0 Å². The van der Waals surface area contributed by atoms with E-state index in [-0.39, 0.29) is 23.6 Å². The molecule has 0 spiro atoms. The van der Waals surface area contributed by atoms with E-state index in [0.717, 1.165) is 30.4 Å². The zero-order valence-electron chi connectivity index (χ0n) is 20.1. The standard InChI is InChI=1S/C31H29F3O/c1-3-5-6-25-15-16-26(19-29(25)32)35-20-22-9-13-24(14-10-22)28-18-17-27(30(33)31(28)34)23-11-7-21(4-2)8-12-23/h7-19H,3-6,20H2,1-2H3. The monoisotopic (exact) mass is 474 g/mol. The van der Waals surface area contributed by atoms with Crippen LogP contribution in [0.15, 0.2) is 78.9 Å². The summed E-state index contributed by atoms with van der Waals surface area (Å²) in [5.41, 5.74) is 4.35. The minimum absolute atomic E-state index is 0.202. The van der Waals surface area contributed by atoms with Crippen molar-refractivity contribution in [2.75, 3.05) is 0 Å². The summed E-state index contributed by atoms with van der Waals surface area (Å²) in [5.74, 6) is -1.52. The largest absolute Gasteiger partial charge is 0.489 e. The number of hydrogen-bond acceptors (Lipinski definition) is 1. The number of rotatable bonds is 9. The summed E-state index contributed by atoms with van der Waals surface area (Å²) in [4.78, 5) is 0. The third-order valence-corrected chi connectivity index (χ3v) is 6.25. The van der Waals surface area contributed by atoms with Crippen molar-refractivity contribution < 1.29 is 17.9 Å². The molecule has 0 radical (unpaired) electrons. The van der Waals surface area contributed by atoms with Crippen LogP contribution in [0.5, 0.6) is 5.75 Å². The molecule has 0 unspecified atom stereocenters. The van der Waals surface area contributed by atoms with Gasteiger partial charge in [0.2, 0.25) is 0 Å². The van der Waals surface area contributed by atoms with Crippen LogP contribution >= 0.6 is 0 Å². The van der Waals surface area contributed by atoms with Crippen molar-refractivity contribution in [3.8, 4) is 28.0 Å². The Balaban J connectivity index is 1.45. The molecular weight excluding hydrogens is 445 g/mol. The fraction of sp³-hybridized carbons (Fsp3) is 0.226. The zero-order chi connectivity index (χ0) is 24.8. The summed E-state index contributed by atoms with van der Waals surface area (Å²) in [6.07, 6.45) is 3.57. The van der Waals surface area contributed by atoms with E-state index in [1.165, 1.54) is 6.07 Å². The fourth-order valence-corrected chi connectivity index (χ4v) is 4.05. The van der Waals surface area contributed by atoms with Crippen LogP contribution in [-0.4, -0.2) is 0 Å². The lowest BCUT2D eigenvalue weighted by atomic mass is 9.97. The van der Waals surface area contributed by atoms with Crippen molar-refractivity contribution in [2.45, 2.75) is 46.1 Å². The highest BCUT2D eigenvalue weighted by atomic mass is 19.2. The molecule has 4 rings (SSSR count). The lowest BCUT2D eigenvalue weighted by Crippen LogP contribution is -1.98. The molecule has 0 amide bonds. The molecule has 0 saturated carbocycles. The Bertz CT molecular complexity index is 1280. The maximum Gasteiger partial charge on any atom is 0.167 e. The van der Waals surface area contributed by atoms with Crippen LogP contribution in [0.2, 0.25) is 0 Å². The molecule has 0 aromatic heterocycles. The van der Waals surface area contributed by atoms with Crippen molar-refractivity contribution >= 4 is 0 Å². The predicted molar refractivity (Wildman–Crippen MR) is 136 cm³/mol. The van der Waals surface area contributed by atoms with Crippen molar-refractivity contribution in [1.82, 2.24) is 0 Å². The molecule has 0 aliphatic rings. The molecule has 0 aliphatic carbocycles. The van der Waals surface area contributed by atoms with E-state index >= 15 is 0 Å². The first-order valence-corrected chi connectivity index (χ1v) is 12.1. The van der Waals surface area contributed by atoms with Gasteiger partial charge in [-0.1, -0.05) is 87.0 Å². The maximum absolute atomic E-state index is 15.0. The molecule has 1 nitrogen and oxygen atoms in total. The average Bonchev–Trinajstić information content (AvgIpc) is 2.89. The Morgan fingerprint density at radius 2 is 1.23 bits per heavy atom. The summed E-state index contributed by atoms with van der Waals surface area (Å²) in [6, 6.07) is 22.7. The first kappa shape index (κ1) is 24.6. The molecular formula is C31H29F3O. The van der Waals surface area contributed by atoms with Gasteiger partial charge in [0.25, 0.3) is 0 Å². The average molecular weight is 475 g/mol. The van der Waals surface area contributed by atoms with Gasteiger partial charge < -0.3 is 4.74 Å². The Kier molecular flexibility index (Phi) is 7.91. The Hall–Kier alpha value is -3.53. The van der Waals surface area contributed by atoms with Gasteiger partial charge in [-0.05, 0) is 53.1 Å². The molecule has 180 valence electrons. The number of hydrogen-bond donors (Lipinski definition) is 0. The number of halogens is 3. The Morgan fingerprint density at radius 3 is 1.74 bits per heavy atom. The maximum atomic E-state index is 15.0. The molecule has 0 fully saturated rings. The third kappa shape index (κ3) is 5.76. The molecule has 0 bridgehead atoms. The van der Waals surface area contributed by atoms with E-state index in [1.807, 2.05) is 31.2 Å². The second-order valence-electron chi connectivity index (χ2n) is 8.68. The van der Waals surface area contributed by atoms with E-state index in [4.69, 9.17) is 4.74 Å². The lowest BCUT2D eigenvalue weighted by Gasteiger charge is -2.11. The van der Waals surface area contributed by atoms with Crippen molar-refractivity contribution in [3.05, 3.63) is 113 Å². The number of ether oxygens (including phenoxy) is 1. The quantitative estimate of drug-likeness (QED) is 0.235. The summed E-state index contributed by atoms with van der Waals surface area (Å²) in [7, 11) is 0. The van der Waals surface area contributed by atoms with Crippen LogP contribution in [0.3, 0.4) is 0 Å². The smallest absolute Gasteiger partial charge is 0.167 e. The predicted octanol–water partition coefficient (Wildman–Crippen LogP) is 8.92. The van der Waals surface area contributed by atoms with Gasteiger partial charge in [-0.15, -0.1) is 0 Å². The van der Waals surface area contributed by atoms with Crippen LogP contribution in [0.4, 0.5) is 13.2 Å². The van der Waals surface area contributed by atoms with Crippen molar-refractivity contribution in [3.63, 3.8) is 0 Å². The van der Waals surface area contributed by atoms with Gasteiger partial charge in [0.15, 0.2) is 11.6 Å². The van der Waals surface area contributed by atoms with Gasteiger partial charge >= 0.3 is 0 Å². The first-order chi connectivity index (χ1) is 17.0. The minimum atomic E-state index is -0.871. The highest BCUT2D eigenvalue weighted by molar-refractivity contribution is 5.72. The topological polar surface area (TPSA) is 9.23 Å². The number of benzene rings is 4. The summed E-state index contributed by atoms with van der Waals surface area (Å²) in [6.45, 7) is 4.37. The molecule has 4 heteroatoms. The van der Waals surface area contributed by atoms with E-state index in [1.54, 1.807) is 48.5 Å². The first-order valence-electron chi connectivity index (χ1n) is 12.1. The highest BCUT2D eigenvalue weighted by Gasteiger charge is 2.16. The molecule has 0 N–H and O–H groups in total. The van der Waals surface area contributed by atoms with Crippen LogP contribution in [0, 0.1) is 17.5 Å². The van der Waals surface area contributed by atoms with Crippen molar-refractivity contribution in [1.29, 1.82) is 0 Å². The molecule has 4 aromatic rings. The van der Waals surface area contributed by atoms with E-state index in [9.17, 15) is 13.2 Å². The zero-order valence-corrected chi connectivity index (χ0v) is 20.1. The molecule has 0 heterocycles. The van der Waals surface area contributed by atoms with Gasteiger partial charge in [0.05, 0.1) is 0 Å². The molecule has 0 atom stereocenters. The Labute approximate surface area is 205 Å². The van der Waals surface area contributed by atoms with Crippen LogP contribution in [0.1, 0.15) is 43.4 Å². The summed E-state index contributed by atoms with van der Waals surface area (Å²) < 4.78 is 49.8. The van der Waals surface area contributed by atoms with Gasteiger partial charge in [0.1, 0.15) is 18.2 Å². The van der Waals surface area contributed by atoms with E-state index in [0.29, 0.717) is 28.9 Å². The van der Waals surface area contributed by atoms with Crippen LogP contribution in [-0.2, 0) is 19.4 Å². The second-order valence-corrected chi connectivity index (χ2v) is 8.68. The highest BCUT2D eigenvalue weighted by Crippen LogP contribution is 2.32. The number of unbranched alkanes of at least 4 members (excludes halogenated alkanes) is 1. The van der Waals surface area contributed by atoms with Gasteiger partial charge in [0, 0.05) is 17.2 Å². The normalized spacial score (nSPS) is 11.0. The minimum Gasteiger partial charge on any atom is -0.489 e. The lowest BCUT2D eigenvalue weighted by molar-refractivity contribution is 0.304. The van der Waals surface area contributed by atoms with E-state index < -0.39 is 11.6 Å². The van der Waals surface area contributed by atoms with Gasteiger partial charge in [-0.3, -0.25) is 0 Å². The SMILES string of the molecule is CCCCc1ccc(OCc2ccc(-c3ccc(-c4ccc(CC)cc4)c(F)c3F)cc2)cc1F.